The van der Waals surface area contributed by atoms with E-state index in [-0.39, 0.29) is 17.5 Å². The quantitative estimate of drug-likeness (QED) is 0.802. The fourth-order valence-electron chi connectivity index (χ4n) is 3.01. The van der Waals surface area contributed by atoms with Gasteiger partial charge in [0.1, 0.15) is 11.6 Å². The summed E-state index contributed by atoms with van der Waals surface area (Å²) in [5, 5.41) is 16.5. The van der Waals surface area contributed by atoms with Gasteiger partial charge in [0.25, 0.3) is 5.56 Å². The highest BCUT2D eigenvalue weighted by Crippen LogP contribution is 2.29. The predicted molar refractivity (Wildman–Crippen MR) is 91.0 cm³/mol. The van der Waals surface area contributed by atoms with Gasteiger partial charge in [-0.1, -0.05) is 13.8 Å². The highest BCUT2D eigenvalue weighted by molar-refractivity contribution is 5.69. The minimum atomic E-state index is -0.178. The molecule has 0 atom stereocenters. The average molecular weight is 324 g/mol. The topological polar surface area (TPSA) is 91.8 Å². The van der Waals surface area contributed by atoms with Crippen molar-refractivity contribution in [1.29, 1.82) is 5.26 Å². The Kier molecular flexibility index (Phi) is 3.76. The summed E-state index contributed by atoms with van der Waals surface area (Å²) < 4.78 is 3.24. The van der Waals surface area contributed by atoms with E-state index in [1.807, 2.05) is 25.5 Å². The summed E-state index contributed by atoms with van der Waals surface area (Å²) in [6, 6.07) is 2.28. The number of aromatic amines is 1. The standard InChI is InChI=1S/C17H20N6O/c1-9(2)14-15(13-8-20-22(10(3)4)11(13)5)21-16-12(6-18)7-19-23(16)17(14)24/h7-10,19H,1-5H3. The summed E-state index contributed by atoms with van der Waals surface area (Å²) >= 11 is 0. The molecule has 0 spiro atoms. The van der Waals surface area contributed by atoms with Crippen molar-refractivity contribution in [3.63, 3.8) is 0 Å². The molecule has 3 rings (SSSR count). The maximum absolute atomic E-state index is 12.9. The Labute approximate surface area is 139 Å². The van der Waals surface area contributed by atoms with E-state index in [0.29, 0.717) is 22.5 Å². The molecular weight excluding hydrogens is 304 g/mol. The largest absolute Gasteiger partial charge is 0.295 e. The molecule has 3 aromatic heterocycles. The van der Waals surface area contributed by atoms with Gasteiger partial charge in [-0.3, -0.25) is 14.6 Å². The van der Waals surface area contributed by atoms with Gasteiger partial charge in [0.15, 0.2) is 5.65 Å². The van der Waals surface area contributed by atoms with Crippen LogP contribution in [0.5, 0.6) is 0 Å². The van der Waals surface area contributed by atoms with Gasteiger partial charge < -0.3 is 0 Å². The van der Waals surface area contributed by atoms with Crippen LogP contribution in [0.2, 0.25) is 0 Å². The first kappa shape index (κ1) is 16.0. The van der Waals surface area contributed by atoms with Crippen molar-refractivity contribution < 1.29 is 0 Å². The monoisotopic (exact) mass is 324 g/mol. The predicted octanol–water partition coefficient (Wildman–Crippen LogP) is 2.77. The van der Waals surface area contributed by atoms with Gasteiger partial charge in [0.2, 0.25) is 0 Å². The fourth-order valence-corrected chi connectivity index (χ4v) is 3.01. The maximum Gasteiger partial charge on any atom is 0.276 e. The Bertz CT molecular complexity index is 1010. The molecule has 7 heteroatoms. The molecule has 0 unspecified atom stereocenters. The van der Waals surface area contributed by atoms with Gasteiger partial charge in [-0.05, 0) is 26.7 Å². The lowest BCUT2D eigenvalue weighted by Crippen LogP contribution is -2.22. The van der Waals surface area contributed by atoms with E-state index in [0.717, 1.165) is 11.3 Å². The Morgan fingerprint density at radius 1 is 1.29 bits per heavy atom. The molecule has 7 nitrogen and oxygen atoms in total. The molecule has 0 fully saturated rings. The first-order valence-corrected chi connectivity index (χ1v) is 7.95. The molecule has 0 saturated heterocycles. The lowest BCUT2D eigenvalue weighted by Gasteiger charge is -2.13. The normalized spacial score (nSPS) is 11.6. The zero-order valence-electron chi connectivity index (χ0n) is 14.5. The number of nitriles is 1. The first-order valence-electron chi connectivity index (χ1n) is 7.95. The van der Waals surface area contributed by atoms with E-state index < -0.39 is 0 Å². The molecule has 0 aliphatic rings. The van der Waals surface area contributed by atoms with Gasteiger partial charge in [-0.2, -0.15) is 10.4 Å². The van der Waals surface area contributed by atoms with Crippen molar-refractivity contribution in [2.24, 2.45) is 0 Å². The zero-order valence-corrected chi connectivity index (χ0v) is 14.5. The second-order valence-corrected chi connectivity index (χ2v) is 6.47. The lowest BCUT2D eigenvalue weighted by atomic mass is 9.98. The number of nitrogens with one attached hydrogen (secondary N) is 1. The lowest BCUT2D eigenvalue weighted by molar-refractivity contribution is 0.519. The number of hydrogen-bond acceptors (Lipinski definition) is 4. The van der Waals surface area contributed by atoms with Gasteiger partial charge in [-0.25, -0.2) is 9.50 Å². The molecule has 1 N–H and O–H groups in total. The van der Waals surface area contributed by atoms with E-state index in [9.17, 15) is 10.1 Å². The minimum absolute atomic E-state index is 0.00691. The molecule has 24 heavy (non-hydrogen) atoms. The van der Waals surface area contributed by atoms with Crippen LogP contribution >= 0.6 is 0 Å². The molecule has 0 radical (unpaired) electrons. The molecule has 0 aliphatic carbocycles. The number of rotatable bonds is 3. The van der Waals surface area contributed by atoms with Gasteiger partial charge in [0.05, 0.1) is 11.9 Å². The van der Waals surface area contributed by atoms with Crippen molar-refractivity contribution in [2.45, 2.75) is 46.6 Å². The van der Waals surface area contributed by atoms with Crippen LogP contribution in [0.25, 0.3) is 16.9 Å². The third-order valence-electron chi connectivity index (χ3n) is 4.18. The van der Waals surface area contributed by atoms with E-state index in [4.69, 9.17) is 0 Å². The molecule has 0 bridgehead atoms. The van der Waals surface area contributed by atoms with Crippen LogP contribution in [0, 0.1) is 18.3 Å². The Morgan fingerprint density at radius 2 is 2.00 bits per heavy atom. The highest BCUT2D eigenvalue weighted by atomic mass is 16.1. The zero-order chi connectivity index (χ0) is 17.6. The number of hydrogen-bond donors (Lipinski definition) is 1. The van der Waals surface area contributed by atoms with Crippen LogP contribution in [0.1, 0.15) is 56.5 Å². The van der Waals surface area contributed by atoms with Crippen molar-refractivity contribution in [3.05, 3.63) is 39.6 Å². The molecule has 0 aromatic carbocycles. The van der Waals surface area contributed by atoms with Crippen LogP contribution < -0.4 is 5.56 Å². The Morgan fingerprint density at radius 3 is 2.54 bits per heavy atom. The summed E-state index contributed by atoms with van der Waals surface area (Å²) in [5.74, 6) is -0.00691. The third-order valence-corrected chi connectivity index (χ3v) is 4.18. The van der Waals surface area contributed by atoms with Gasteiger partial charge in [0, 0.05) is 29.1 Å². The van der Waals surface area contributed by atoms with E-state index in [1.54, 1.807) is 6.20 Å². The van der Waals surface area contributed by atoms with Crippen LogP contribution in [0.4, 0.5) is 0 Å². The van der Waals surface area contributed by atoms with Crippen LogP contribution in [-0.2, 0) is 0 Å². The number of H-pyrrole nitrogens is 1. The summed E-state index contributed by atoms with van der Waals surface area (Å²) in [7, 11) is 0. The van der Waals surface area contributed by atoms with Gasteiger partial charge >= 0.3 is 0 Å². The molecule has 0 saturated carbocycles. The Hall–Kier alpha value is -2.88. The summed E-state index contributed by atoms with van der Waals surface area (Å²) in [5.41, 5.74) is 3.52. The highest BCUT2D eigenvalue weighted by Gasteiger charge is 2.22. The van der Waals surface area contributed by atoms with Crippen molar-refractivity contribution in [1.82, 2.24) is 24.4 Å². The second-order valence-electron chi connectivity index (χ2n) is 6.47. The van der Waals surface area contributed by atoms with Crippen molar-refractivity contribution >= 4 is 5.65 Å². The molecule has 124 valence electrons. The number of nitrogens with zero attached hydrogens (tertiary/aromatic N) is 5. The number of aromatic nitrogens is 5. The van der Waals surface area contributed by atoms with Crippen LogP contribution in [0.15, 0.2) is 17.2 Å². The van der Waals surface area contributed by atoms with Crippen LogP contribution in [-0.4, -0.2) is 24.4 Å². The molecule has 3 aromatic rings. The second kappa shape index (κ2) is 5.64. The molecule has 3 heterocycles. The van der Waals surface area contributed by atoms with E-state index in [2.05, 4.69) is 35.1 Å². The summed E-state index contributed by atoms with van der Waals surface area (Å²) in [6.07, 6.45) is 3.25. The molecular formula is C17H20N6O. The third kappa shape index (κ3) is 2.22. The Balaban J connectivity index is 2.40. The average Bonchev–Trinajstić information content (AvgIpc) is 3.09. The van der Waals surface area contributed by atoms with E-state index >= 15 is 0 Å². The van der Waals surface area contributed by atoms with Crippen molar-refractivity contribution in [2.75, 3.05) is 0 Å². The van der Waals surface area contributed by atoms with Crippen molar-refractivity contribution in [3.8, 4) is 17.3 Å². The summed E-state index contributed by atoms with van der Waals surface area (Å²) in [6.45, 7) is 10.0. The fraction of sp³-hybridized carbons (Fsp3) is 0.412. The first-order chi connectivity index (χ1) is 11.4. The SMILES string of the molecule is Cc1c(-c2nc3c(C#N)c[nH]n3c(=O)c2C(C)C)cnn1C(C)C. The summed E-state index contributed by atoms with van der Waals surface area (Å²) in [4.78, 5) is 17.5. The van der Waals surface area contributed by atoms with E-state index in [1.165, 1.54) is 10.7 Å². The molecule has 0 aliphatic heterocycles. The van der Waals surface area contributed by atoms with Gasteiger partial charge in [-0.15, -0.1) is 0 Å². The number of fused-ring (bicyclic) bond motifs is 1. The minimum Gasteiger partial charge on any atom is -0.295 e. The van der Waals surface area contributed by atoms with Crippen LogP contribution in [0.3, 0.4) is 0 Å². The molecule has 0 amide bonds. The smallest absolute Gasteiger partial charge is 0.276 e. The maximum atomic E-state index is 12.9.